The van der Waals surface area contributed by atoms with Crippen LogP contribution in [0.25, 0.3) is 0 Å². The Morgan fingerprint density at radius 3 is 2.40 bits per heavy atom. The van der Waals surface area contributed by atoms with Gasteiger partial charge in [-0.05, 0) is 19.1 Å². The van der Waals surface area contributed by atoms with E-state index < -0.39 is 9.84 Å². The van der Waals surface area contributed by atoms with Gasteiger partial charge in [0, 0.05) is 0 Å². The van der Waals surface area contributed by atoms with Crippen molar-refractivity contribution in [2.45, 2.75) is 16.8 Å². The lowest BCUT2D eigenvalue weighted by molar-refractivity contribution is 0.552. The maximum absolute atomic E-state index is 11.9. The lowest BCUT2D eigenvalue weighted by Gasteiger charge is -2.00. The third kappa shape index (κ3) is 1.78. The Morgan fingerprint density at radius 2 is 1.87 bits per heavy atom. The van der Waals surface area contributed by atoms with Crippen LogP contribution in [0.4, 0.5) is 0 Å². The third-order valence-electron chi connectivity index (χ3n) is 2.02. The van der Waals surface area contributed by atoms with Crippen molar-refractivity contribution >= 4 is 9.84 Å². The van der Waals surface area contributed by atoms with E-state index in [1.165, 1.54) is 0 Å². The first-order valence-corrected chi connectivity index (χ1v) is 5.79. The summed E-state index contributed by atoms with van der Waals surface area (Å²) in [6.07, 6.45) is 2.22. The van der Waals surface area contributed by atoms with E-state index in [2.05, 4.69) is 9.40 Å². The molecule has 0 aliphatic heterocycles. The molecule has 2 rings (SSSR count). The number of sulfone groups is 1. The Morgan fingerprint density at radius 1 is 1.20 bits per heavy atom. The molecule has 1 aromatic heterocycles. The van der Waals surface area contributed by atoms with Crippen LogP contribution in [0.1, 0.15) is 5.56 Å². The Bertz CT molecular complexity index is 541. The molecule has 0 unspecified atom stereocenters. The van der Waals surface area contributed by atoms with E-state index >= 15 is 0 Å². The smallest absolute Gasteiger partial charge is 0.227 e. The van der Waals surface area contributed by atoms with Gasteiger partial charge in [0.25, 0.3) is 0 Å². The molecule has 0 atom stereocenters. The van der Waals surface area contributed by atoms with Gasteiger partial charge >= 0.3 is 0 Å². The Hall–Kier alpha value is -1.62. The zero-order valence-electron chi connectivity index (χ0n) is 8.04. The van der Waals surface area contributed by atoms with Gasteiger partial charge in [0.1, 0.15) is 6.26 Å². The summed E-state index contributed by atoms with van der Waals surface area (Å²) in [4.78, 5) is 3.86. The van der Waals surface area contributed by atoms with E-state index in [0.29, 0.717) is 0 Å². The molecule has 1 aromatic carbocycles. The van der Waals surface area contributed by atoms with E-state index in [-0.39, 0.29) is 9.92 Å². The van der Waals surface area contributed by atoms with Gasteiger partial charge in [-0.1, -0.05) is 17.7 Å². The highest BCUT2D eigenvalue weighted by Gasteiger charge is 2.19. The molecule has 5 heteroatoms. The van der Waals surface area contributed by atoms with Gasteiger partial charge in [0.05, 0.1) is 4.90 Å². The van der Waals surface area contributed by atoms with Crippen molar-refractivity contribution in [2.75, 3.05) is 0 Å². The minimum absolute atomic E-state index is 0.0636. The Kier molecular flexibility index (Phi) is 2.32. The van der Waals surface area contributed by atoms with E-state index in [9.17, 15) is 8.42 Å². The first-order valence-electron chi connectivity index (χ1n) is 4.30. The number of rotatable bonds is 2. The SMILES string of the molecule is Cc1ccc(S(=O)(=O)c2cocn2)cc1. The van der Waals surface area contributed by atoms with Gasteiger partial charge in [-0.25, -0.2) is 13.4 Å². The van der Waals surface area contributed by atoms with Crippen LogP contribution in [-0.2, 0) is 9.84 Å². The standard InChI is InChI=1S/C10H9NO3S/c1-8-2-4-9(5-3-8)15(12,13)10-6-14-7-11-10/h2-7H,1H3. The maximum Gasteiger partial charge on any atom is 0.227 e. The summed E-state index contributed by atoms with van der Waals surface area (Å²) >= 11 is 0. The summed E-state index contributed by atoms with van der Waals surface area (Å²) in [6.45, 7) is 1.90. The fraction of sp³-hybridized carbons (Fsp3) is 0.100. The average Bonchev–Trinajstić information content (AvgIpc) is 2.71. The Balaban J connectivity index is 2.52. The largest absolute Gasteiger partial charge is 0.450 e. The number of nitrogens with zero attached hydrogens (tertiary/aromatic N) is 1. The molecule has 0 radical (unpaired) electrons. The van der Waals surface area contributed by atoms with Gasteiger partial charge in [-0.3, -0.25) is 0 Å². The van der Waals surface area contributed by atoms with Crippen molar-refractivity contribution < 1.29 is 12.8 Å². The van der Waals surface area contributed by atoms with E-state index in [1.807, 2.05) is 6.92 Å². The summed E-state index contributed by atoms with van der Waals surface area (Å²) in [5.74, 6) is 0. The van der Waals surface area contributed by atoms with Crippen LogP contribution in [0.3, 0.4) is 0 Å². The number of aromatic nitrogens is 1. The summed E-state index contributed by atoms with van der Waals surface area (Å²) in [7, 11) is -3.52. The first kappa shape index (κ1) is 9.92. The molecule has 0 spiro atoms. The molecule has 0 aliphatic carbocycles. The quantitative estimate of drug-likeness (QED) is 0.779. The summed E-state index contributed by atoms with van der Waals surface area (Å²) in [5, 5.41) is -0.0636. The van der Waals surface area contributed by atoms with Gasteiger partial charge < -0.3 is 4.42 Å². The zero-order chi connectivity index (χ0) is 10.9. The van der Waals surface area contributed by atoms with E-state index in [4.69, 9.17) is 0 Å². The van der Waals surface area contributed by atoms with Crippen LogP contribution in [0.5, 0.6) is 0 Å². The second-order valence-electron chi connectivity index (χ2n) is 3.14. The molecule has 1 heterocycles. The lowest BCUT2D eigenvalue weighted by atomic mass is 10.2. The van der Waals surface area contributed by atoms with Crippen molar-refractivity contribution in [3.05, 3.63) is 42.5 Å². The van der Waals surface area contributed by atoms with Crippen LogP contribution in [0.2, 0.25) is 0 Å². The predicted molar refractivity (Wildman–Crippen MR) is 53.1 cm³/mol. The van der Waals surface area contributed by atoms with E-state index in [1.54, 1.807) is 24.3 Å². The number of hydrogen-bond donors (Lipinski definition) is 0. The van der Waals surface area contributed by atoms with Crippen LogP contribution in [0, 0.1) is 6.92 Å². The minimum atomic E-state index is -3.52. The number of oxazole rings is 1. The molecule has 0 N–H and O–H groups in total. The highest BCUT2D eigenvalue weighted by Crippen LogP contribution is 2.18. The van der Waals surface area contributed by atoms with Gasteiger partial charge in [0.15, 0.2) is 11.4 Å². The van der Waals surface area contributed by atoms with Crippen LogP contribution in [-0.4, -0.2) is 13.4 Å². The second kappa shape index (κ2) is 3.51. The maximum atomic E-state index is 11.9. The molecule has 0 saturated carbocycles. The monoisotopic (exact) mass is 223 g/mol. The van der Waals surface area contributed by atoms with E-state index in [0.717, 1.165) is 18.2 Å². The zero-order valence-corrected chi connectivity index (χ0v) is 8.86. The molecule has 0 bridgehead atoms. The van der Waals surface area contributed by atoms with Crippen LogP contribution in [0.15, 0.2) is 51.3 Å². The highest BCUT2D eigenvalue weighted by molar-refractivity contribution is 7.91. The summed E-state index contributed by atoms with van der Waals surface area (Å²) in [6, 6.07) is 6.60. The van der Waals surface area contributed by atoms with Crippen molar-refractivity contribution in [3.8, 4) is 0 Å². The molecular formula is C10H9NO3S. The lowest BCUT2D eigenvalue weighted by Crippen LogP contribution is -2.01. The normalized spacial score (nSPS) is 11.5. The molecule has 0 fully saturated rings. The number of benzene rings is 1. The van der Waals surface area contributed by atoms with Crippen LogP contribution < -0.4 is 0 Å². The fourth-order valence-electron chi connectivity index (χ4n) is 1.17. The molecule has 0 saturated heterocycles. The number of aryl methyl sites for hydroxylation is 1. The minimum Gasteiger partial charge on any atom is -0.450 e. The average molecular weight is 223 g/mol. The second-order valence-corrected chi connectivity index (χ2v) is 5.04. The highest BCUT2D eigenvalue weighted by atomic mass is 32.2. The van der Waals surface area contributed by atoms with Crippen molar-refractivity contribution in [1.29, 1.82) is 0 Å². The molecule has 15 heavy (non-hydrogen) atoms. The fourth-order valence-corrected chi connectivity index (χ4v) is 2.27. The summed E-state index contributed by atoms with van der Waals surface area (Å²) in [5.41, 5.74) is 1.01. The molecular weight excluding hydrogens is 214 g/mol. The van der Waals surface area contributed by atoms with Crippen molar-refractivity contribution in [2.24, 2.45) is 0 Å². The third-order valence-corrected chi connectivity index (χ3v) is 3.66. The number of hydrogen-bond acceptors (Lipinski definition) is 4. The predicted octanol–water partition coefficient (Wildman–Crippen LogP) is 1.82. The molecule has 4 nitrogen and oxygen atoms in total. The topological polar surface area (TPSA) is 60.2 Å². The Labute approximate surface area is 87.5 Å². The molecule has 78 valence electrons. The molecule has 0 amide bonds. The van der Waals surface area contributed by atoms with Gasteiger partial charge in [-0.15, -0.1) is 0 Å². The molecule has 2 aromatic rings. The van der Waals surface area contributed by atoms with Crippen molar-refractivity contribution in [3.63, 3.8) is 0 Å². The molecule has 0 aliphatic rings. The van der Waals surface area contributed by atoms with Gasteiger partial charge in [-0.2, -0.15) is 0 Å². The summed E-state index contributed by atoms with van der Waals surface area (Å²) < 4.78 is 28.4. The van der Waals surface area contributed by atoms with Crippen LogP contribution >= 0.6 is 0 Å². The van der Waals surface area contributed by atoms with Crippen molar-refractivity contribution in [1.82, 2.24) is 4.98 Å². The van der Waals surface area contributed by atoms with Gasteiger partial charge in [0.2, 0.25) is 9.84 Å². The first-order chi connectivity index (χ1) is 7.10.